The molecule has 0 radical (unpaired) electrons. The van der Waals surface area contributed by atoms with Crippen LogP contribution in [-0.4, -0.2) is 23.9 Å². The Bertz CT molecular complexity index is 480. The van der Waals surface area contributed by atoms with Crippen LogP contribution in [0.2, 0.25) is 0 Å². The molecule has 0 spiro atoms. The summed E-state index contributed by atoms with van der Waals surface area (Å²) in [5.74, 6) is -1.35. The predicted octanol–water partition coefficient (Wildman–Crippen LogP) is 2.22. The number of nitrogens with two attached hydrogens (primary N) is 1. The van der Waals surface area contributed by atoms with Crippen molar-refractivity contribution < 1.29 is 27.4 Å². The van der Waals surface area contributed by atoms with Gasteiger partial charge in [0, 0.05) is 6.54 Å². The molecule has 0 aromatic carbocycles. The number of rotatable bonds is 4. The molecule has 0 aliphatic carbocycles. The lowest BCUT2D eigenvalue weighted by atomic mass is 10.2. The van der Waals surface area contributed by atoms with Gasteiger partial charge in [0.15, 0.2) is 5.75 Å². The number of pyridine rings is 1. The molecule has 0 aliphatic heterocycles. The molecule has 0 fully saturated rings. The van der Waals surface area contributed by atoms with Gasteiger partial charge in [-0.1, -0.05) is 0 Å². The minimum absolute atomic E-state index is 0.0385. The van der Waals surface area contributed by atoms with Gasteiger partial charge in [-0.3, -0.25) is 0 Å². The highest BCUT2D eigenvalue weighted by atomic mass is 127. The number of aromatic nitrogens is 1. The van der Waals surface area contributed by atoms with Crippen molar-refractivity contribution in [2.75, 3.05) is 6.61 Å². The van der Waals surface area contributed by atoms with Gasteiger partial charge in [-0.15, -0.1) is 13.2 Å². The summed E-state index contributed by atoms with van der Waals surface area (Å²) < 4.78 is 45.0. The fraction of sp³-hybridized carbons (Fsp3) is 0.400. The summed E-state index contributed by atoms with van der Waals surface area (Å²) in [7, 11) is 0. The van der Waals surface area contributed by atoms with Gasteiger partial charge in [-0.2, -0.15) is 0 Å². The van der Waals surface area contributed by atoms with Crippen molar-refractivity contribution in [2.45, 2.75) is 19.8 Å². The van der Waals surface area contributed by atoms with Gasteiger partial charge < -0.3 is 15.2 Å². The molecular weight excluding hydrogens is 380 g/mol. The van der Waals surface area contributed by atoms with E-state index in [9.17, 15) is 18.0 Å². The van der Waals surface area contributed by atoms with E-state index >= 15 is 0 Å². The lowest BCUT2D eigenvalue weighted by Gasteiger charge is -2.13. The van der Waals surface area contributed by atoms with Crippen LogP contribution in [0.25, 0.3) is 0 Å². The fourth-order valence-corrected chi connectivity index (χ4v) is 1.80. The average Bonchev–Trinajstić information content (AvgIpc) is 2.29. The lowest BCUT2D eigenvalue weighted by Crippen LogP contribution is -2.20. The van der Waals surface area contributed by atoms with Crippen LogP contribution in [0.5, 0.6) is 5.75 Å². The van der Waals surface area contributed by atoms with Gasteiger partial charge >= 0.3 is 12.3 Å². The molecule has 9 heteroatoms. The number of carbonyl (C=O) groups is 1. The molecule has 0 saturated carbocycles. The van der Waals surface area contributed by atoms with Crippen molar-refractivity contribution in [3.05, 3.63) is 21.0 Å². The van der Waals surface area contributed by atoms with Crippen LogP contribution in [0.4, 0.5) is 13.2 Å². The summed E-state index contributed by atoms with van der Waals surface area (Å²) in [6, 6.07) is 0.933. The normalized spacial score (nSPS) is 11.3. The summed E-state index contributed by atoms with van der Waals surface area (Å²) in [5, 5.41) is 0. The highest BCUT2D eigenvalue weighted by Crippen LogP contribution is 2.28. The first-order chi connectivity index (χ1) is 8.78. The number of esters is 1. The molecule has 1 rings (SSSR count). The molecule has 0 saturated heterocycles. The number of alkyl halides is 3. The monoisotopic (exact) mass is 390 g/mol. The topological polar surface area (TPSA) is 74.4 Å². The van der Waals surface area contributed by atoms with Crippen molar-refractivity contribution in [1.82, 2.24) is 4.98 Å². The molecule has 0 atom stereocenters. The van der Waals surface area contributed by atoms with E-state index in [0.29, 0.717) is 0 Å². The second-order valence-corrected chi connectivity index (χ2v) is 4.27. The SMILES string of the molecule is CCOC(=O)c1cc(OC(F)(F)F)c(I)nc1CN. The summed E-state index contributed by atoms with van der Waals surface area (Å²) in [4.78, 5) is 15.4. The number of hydrogen-bond donors (Lipinski definition) is 1. The summed E-state index contributed by atoms with van der Waals surface area (Å²) in [5.41, 5.74) is 5.41. The largest absolute Gasteiger partial charge is 0.573 e. The van der Waals surface area contributed by atoms with Gasteiger partial charge in [-0.25, -0.2) is 9.78 Å². The molecular formula is C10H10F3IN2O3. The van der Waals surface area contributed by atoms with Gasteiger partial charge in [-0.05, 0) is 35.6 Å². The zero-order valence-corrected chi connectivity index (χ0v) is 11.9. The molecule has 2 N–H and O–H groups in total. The molecule has 1 aromatic rings. The van der Waals surface area contributed by atoms with Crippen LogP contribution in [0.1, 0.15) is 23.0 Å². The maximum absolute atomic E-state index is 12.2. The van der Waals surface area contributed by atoms with Crippen molar-refractivity contribution >= 4 is 28.6 Å². The van der Waals surface area contributed by atoms with Crippen LogP contribution >= 0.6 is 22.6 Å². The van der Waals surface area contributed by atoms with Crippen LogP contribution in [0.15, 0.2) is 6.07 Å². The first-order valence-electron chi connectivity index (χ1n) is 5.10. The van der Waals surface area contributed by atoms with E-state index in [1.165, 1.54) is 0 Å². The predicted molar refractivity (Wildman–Crippen MR) is 67.5 cm³/mol. The number of hydrogen-bond acceptors (Lipinski definition) is 5. The number of ether oxygens (including phenoxy) is 2. The van der Waals surface area contributed by atoms with E-state index in [0.717, 1.165) is 6.07 Å². The maximum Gasteiger partial charge on any atom is 0.573 e. The highest BCUT2D eigenvalue weighted by Gasteiger charge is 2.33. The highest BCUT2D eigenvalue weighted by molar-refractivity contribution is 14.1. The zero-order valence-electron chi connectivity index (χ0n) is 9.75. The van der Waals surface area contributed by atoms with Crippen molar-refractivity contribution in [3.8, 4) is 5.75 Å². The Morgan fingerprint density at radius 3 is 2.63 bits per heavy atom. The van der Waals surface area contributed by atoms with E-state index in [1.54, 1.807) is 29.5 Å². The second kappa shape index (κ2) is 6.37. The molecule has 1 aromatic heterocycles. The Morgan fingerprint density at radius 1 is 1.53 bits per heavy atom. The molecule has 106 valence electrons. The van der Waals surface area contributed by atoms with E-state index in [1.807, 2.05) is 0 Å². The average molecular weight is 390 g/mol. The van der Waals surface area contributed by atoms with Gasteiger partial charge in [0.25, 0.3) is 0 Å². The van der Waals surface area contributed by atoms with E-state index in [2.05, 4.69) is 9.72 Å². The Hall–Kier alpha value is -1.10. The summed E-state index contributed by atoms with van der Waals surface area (Å²) in [6.07, 6.45) is -4.86. The molecule has 0 bridgehead atoms. The van der Waals surface area contributed by atoms with E-state index in [-0.39, 0.29) is 28.1 Å². The van der Waals surface area contributed by atoms with Crippen molar-refractivity contribution in [3.63, 3.8) is 0 Å². The standard InChI is InChI=1S/C10H10F3IN2O3/c1-2-18-9(17)5-3-7(19-10(11,12)13)8(14)16-6(5)4-15/h3H,2,4,15H2,1H3. The van der Waals surface area contributed by atoms with Crippen LogP contribution < -0.4 is 10.5 Å². The maximum atomic E-state index is 12.2. The Kier molecular flexibility index (Phi) is 5.35. The quantitative estimate of drug-likeness (QED) is 0.485. The van der Waals surface area contributed by atoms with Crippen molar-refractivity contribution in [1.29, 1.82) is 0 Å². The molecule has 0 amide bonds. The van der Waals surface area contributed by atoms with E-state index in [4.69, 9.17) is 10.5 Å². The Morgan fingerprint density at radius 2 is 2.16 bits per heavy atom. The zero-order chi connectivity index (χ0) is 14.6. The molecule has 0 aliphatic rings. The molecule has 5 nitrogen and oxygen atoms in total. The lowest BCUT2D eigenvalue weighted by molar-refractivity contribution is -0.275. The molecule has 19 heavy (non-hydrogen) atoms. The third kappa shape index (κ3) is 4.49. The summed E-state index contributed by atoms with van der Waals surface area (Å²) >= 11 is 1.57. The third-order valence-electron chi connectivity index (χ3n) is 1.94. The van der Waals surface area contributed by atoms with Crippen molar-refractivity contribution in [2.24, 2.45) is 5.73 Å². The van der Waals surface area contributed by atoms with Gasteiger partial charge in [0.05, 0.1) is 17.9 Å². The first kappa shape index (κ1) is 16.0. The van der Waals surface area contributed by atoms with E-state index < -0.39 is 18.1 Å². The number of nitrogens with zero attached hydrogens (tertiary/aromatic N) is 1. The number of halogens is 4. The van der Waals surface area contributed by atoms with Crippen LogP contribution in [0.3, 0.4) is 0 Å². The molecule has 1 heterocycles. The molecule has 0 unspecified atom stereocenters. The smallest absolute Gasteiger partial charge is 0.462 e. The first-order valence-corrected chi connectivity index (χ1v) is 6.18. The summed E-state index contributed by atoms with van der Waals surface area (Å²) in [6.45, 7) is 1.56. The second-order valence-electron chi connectivity index (χ2n) is 3.24. The van der Waals surface area contributed by atoms with Gasteiger partial charge in [0.1, 0.15) is 3.70 Å². The minimum Gasteiger partial charge on any atom is -0.462 e. The Balaban J connectivity index is 3.21. The fourth-order valence-electron chi connectivity index (χ4n) is 1.25. The number of carbonyl (C=O) groups excluding carboxylic acids is 1. The Labute approximate surface area is 120 Å². The van der Waals surface area contributed by atoms with Gasteiger partial charge in [0.2, 0.25) is 0 Å². The van der Waals surface area contributed by atoms with Crippen LogP contribution in [0, 0.1) is 3.70 Å². The third-order valence-corrected chi connectivity index (χ3v) is 2.71. The van der Waals surface area contributed by atoms with Crippen LogP contribution in [-0.2, 0) is 11.3 Å². The minimum atomic E-state index is -4.86.